The third-order valence-electron chi connectivity index (χ3n) is 2.98. The van der Waals surface area contributed by atoms with Crippen molar-refractivity contribution in [3.8, 4) is 11.5 Å². The van der Waals surface area contributed by atoms with E-state index in [9.17, 15) is 0 Å². The number of rotatable bonds is 2. The summed E-state index contributed by atoms with van der Waals surface area (Å²) in [6.45, 7) is 0. The van der Waals surface area contributed by atoms with Gasteiger partial charge in [0.25, 0.3) is 0 Å². The van der Waals surface area contributed by atoms with E-state index in [1.165, 1.54) is 11.7 Å². The molecule has 4 rings (SSSR count). The second kappa shape index (κ2) is 7.76. The predicted molar refractivity (Wildman–Crippen MR) is 97.6 cm³/mol. The summed E-state index contributed by atoms with van der Waals surface area (Å²) in [7, 11) is 0. The van der Waals surface area contributed by atoms with E-state index in [1.807, 2.05) is 78.9 Å². The Morgan fingerprint density at radius 3 is 1.78 bits per heavy atom. The first kappa shape index (κ1) is 15.5. The molecule has 5 heteroatoms. The van der Waals surface area contributed by atoms with Gasteiger partial charge >= 0.3 is 0 Å². The molecule has 0 saturated carbocycles. The number of para-hydroxylation sites is 1. The molecule has 4 aromatic rings. The van der Waals surface area contributed by atoms with Crippen LogP contribution in [0.1, 0.15) is 0 Å². The first-order chi connectivity index (χ1) is 11.3. The first-order valence-corrected chi connectivity index (χ1v) is 8.18. The summed E-state index contributed by atoms with van der Waals surface area (Å²) < 4.78 is 13.7. The van der Waals surface area contributed by atoms with Crippen LogP contribution in [0.5, 0.6) is 11.5 Å². The lowest BCUT2D eigenvalue weighted by molar-refractivity contribution is 0.482. The maximum atomic E-state index is 5.60. The molecule has 0 spiro atoms. The Bertz CT molecular complexity index is 831. The largest absolute Gasteiger partial charge is 0.457 e. The highest BCUT2D eigenvalue weighted by Gasteiger charge is 1.94. The van der Waals surface area contributed by atoms with Gasteiger partial charge in [-0.15, -0.1) is 12.6 Å². The van der Waals surface area contributed by atoms with Crippen molar-refractivity contribution < 1.29 is 4.74 Å². The van der Waals surface area contributed by atoms with Gasteiger partial charge in [-0.05, 0) is 48.5 Å². The Morgan fingerprint density at radius 1 is 0.652 bits per heavy atom. The van der Waals surface area contributed by atoms with E-state index < -0.39 is 0 Å². The summed E-state index contributed by atoms with van der Waals surface area (Å²) in [5.74, 6) is 1.67. The standard InChI is InChI=1S/C12H10OS.C6H4N2S/c14-12-8-6-11(7-9-12)13-10-4-2-1-3-5-10;1-2-4-6-5(3-1)7-9-8-6/h1-9,14H;1-4H. The van der Waals surface area contributed by atoms with Gasteiger partial charge in [-0.2, -0.15) is 8.75 Å². The number of ether oxygens (including phenoxy) is 1. The molecule has 0 radical (unpaired) electrons. The average molecular weight is 338 g/mol. The highest BCUT2D eigenvalue weighted by molar-refractivity contribution is 7.80. The fraction of sp³-hybridized carbons (Fsp3) is 0. The van der Waals surface area contributed by atoms with E-state index in [0.717, 1.165) is 27.4 Å². The van der Waals surface area contributed by atoms with Crippen LogP contribution in [-0.2, 0) is 0 Å². The molecule has 3 nitrogen and oxygen atoms in total. The van der Waals surface area contributed by atoms with Gasteiger partial charge in [-0.3, -0.25) is 0 Å². The normalized spacial score (nSPS) is 9.96. The van der Waals surface area contributed by atoms with Crippen molar-refractivity contribution in [2.45, 2.75) is 4.90 Å². The second-order valence-corrected chi connectivity index (χ2v) is 5.71. The van der Waals surface area contributed by atoms with Crippen molar-refractivity contribution in [3.05, 3.63) is 78.9 Å². The maximum Gasteiger partial charge on any atom is 0.127 e. The second-order valence-electron chi connectivity index (χ2n) is 4.66. The lowest BCUT2D eigenvalue weighted by atomic mass is 10.3. The number of hydrogen-bond acceptors (Lipinski definition) is 5. The third kappa shape index (κ3) is 4.55. The molecule has 0 N–H and O–H groups in total. The average Bonchev–Trinajstić information content (AvgIpc) is 3.07. The minimum absolute atomic E-state index is 0.828. The minimum Gasteiger partial charge on any atom is -0.457 e. The molecule has 3 aromatic carbocycles. The number of benzene rings is 3. The van der Waals surface area contributed by atoms with Gasteiger partial charge in [-0.1, -0.05) is 30.3 Å². The minimum atomic E-state index is 0.828. The Balaban J connectivity index is 0.000000149. The van der Waals surface area contributed by atoms with Gasteiger partial charge in [0.2, 0.25) is 0 Å². The zero-order chi connectivity index (χ0) is 15.9. The third-order valence-corrected chi connectivity index (χ3v) is 3.83. The van der Waals surface area contributed by atoms with Crippen LogP contribution in [0, 0.1) is 0 Å². The molecule has 1 heterocycles. The van der Waals surface area contributed by atoms with E-state index in [1.54, 1.807) is 0 Å². The van der Waals surface area contributed by atoms with E-state index >= 15 is 0 Å². The van der Waals surface area contributed by atoms with Crippen molar-refractivity contribution >= 4 is 35.4 Å². The molecule has 0 aliphatic heterocycles. The molecule has 0 aliphatic rings. The van der Waals surface area contributed by atoms with Crippen molar-refractivity contribution in [1.29, 1.82) is 0 Å². The lowest BCUT2D eigenvalue weighted by Crippen LogP contribution is -1.82. The fourth-order valence-electron chi connectivity index (χ4n) is 1.87. The van der Waals surface area contributed by atoms with Crippen molar-refractivity contribution in [2.75, 3.05) is 0 Å². The number of fused-ring (bicyclic) bond motifs is 1. The molecule has 23 heavy (non-hydrogen) atoms. The quantitative estimate of drug-likeness (QED) is 0.493. The highest BCUT2D eigenvalue weighted by Crippen LogP contribution is 2.21. The number of hydrogen-bond donors (Lipinski definition) is 1. The van der Waals surface area contributed by atoms with Gasteiger partial charge in [0, 0.05) is 4.90 Å². The van der Waals surface area contributed by atoms with E-state index in [-0.39, 0.29) is 0 Å². The summed E-state index contributed by atoms with van der Waals surface area (Å²) in [6, 6.07) is 25.1. The smallest absolute Gasteiger partial charge is 0.127 e. The number of thiol groups is 1. The molecule has 114 valence electrons. The van der Waals surface area contributed by atoms with Crippen LogP contribution in [0.2, 0.25) is 0 Å². The molecule has 0 fully saturated rings. The lowest BCUT2D eigenvalue weighted by Gasteiger charge is -2.04. The van der Waals surface area contributed by atoms with Gasteiger partial charge in [0.05, 0.1) is 11.7 Å². The summed E-state index contributed by atoms with van der Waals surface area (Å²) in [4.78, 5) is 0.936. The van der Waals surface area contributed by atoms with Crippen molar-refractivity contribution in [2.24, 2.45) is 0 Å². The van der Waals surface area contributed by atoms with Crippen LogP contribution in [0.4, 0.5) is 0 Å². The zero-order valence-corrected chi connectivity index (χ0v) is 13.9. The van der Waals surface area contributed by atoms with Gasteiger partial charge in [-0.25, -0.2) is 0 Å². The Labute approximate surface area is 144 Å². The number of nitrogens with zero attached hydrogens (tertiary/aromatic N) is 2. The van der Waals surface area contributed by atoms with Crippen LogP contribution in [0.15, 0.2) is 83.8 Å². The van der Waals surface area contributed by atoms with E-state index in [2.05, 4.69) is 21.4 Å². The van der Waals surface area contributed by atoms with Crippen LogP contribution in [0.25, 0.3) is 11.0 Å². The highest BCUT2D eigenvalue weighted by atomic mass is 32.1. The van der Waals surface area contributed by atoms with Crippen LogP contribution < -0.4 is 4.74 Å². The SMILES string of the molecule is Sc1ccc(Oc2ccccc2)cc1.c1ccc2nsnc2c1. The Kier molecular flexibility index (Phi) is 5.24. The molecule has 0 unspecified atom stereocenters. The van der Waals surface area contributed by atoms with Gasteiger partial charge < -0.3 is 4.74 Å². The first-order valence-electron chi connectivity index (χ1n) is 7.00. The summed E-state index contributed by atoms with van der Waals surface area (Å²) >= 11 is 5.46. The molecular weight excluding hydrogens is 324 g/mol. The van der Waals surface area contributed by atoms with Crippen molar-refractivity contribution in [1.82, 2.24) is 8.75 Å². The summed E-state index contributed by atoms with van der Waals surface area (Å²) in [6.07, 6.45) is 0. The van der Waals surface area contributed by atoms with Gasteiger partial charge in [0.15, 0.2) is 0 Å². The van der Waals surface area contributed by atoms with Crippen LogP contribution >= 0.6 is 24.4 Å². The molecular formula is C18H14N2OS2. The predicted octanol–water partition coefficient (Wildman–Crippen LogP) is 5.46. The molecule has 1 aromatic heterocycles. The van der Waals surface area contributed by atoms with E-state index in [4.69, 9.17) is 4.74 Å². The topological polar surface area (TPSA) is 35.0 Å². The van der Waals surface area contributed by atoms with E-state index in [0.29, 0.717) is 0 Å². The Morgan fingerprint density at radius 2 is 1.17 bits per heavy atom. The van der Waals surface area contributed by atoms with Crippen LogP contribution in [-0.4, -0.2) is 8.75 Å². The number of aromatic nitrogens is 2. The zero-order valence-electron chi connectivity index (χ0n) is 12.2. The fourth-order valence-corrected chi connectivity index (χ4v) is 2.54. The molecule has 0 aliphatic carbocycles. The van der Waals surface area contributed by atoms with Crippen LogP contribution in [0.3, 0.4) is 0 Å². The molecule has 0 atom stereocenters. The monoisotopic (exact) mass is 338 g/mol. The summed E-state index contributed by atoms with van der Waals surface area (Å²) in [5.41, 5.74) is 1.98. The molecule has 0 saturated heterocycles. The summed E-state index contributed by atoms with van der Waals surface area (Å²) in [5, 5.41) is 0. The van der Waals surface area contributed by atoms with Crippen molar-refractivity contribution in [3.63, 3.8) is 0 Å². The maximum absolute atomic E-state index is 5.60. The van der Waals surface area contributed by atoms with Gasteiger partial charge in [0.1, 0.15) is 22.5 Å². The Hall–Kier alpha value is -2.37. The molecule has 0 bridgehead atoms. The molecule has 0 amide bonds.